The number of pyridine rings is 1. The van der Waals surface area contributed by atoms with Crippen LogP contribution >= 0.6 is 11.3 Å². The second-order valence-electron chi connectivity index (χ2n) is 5.60. The molecule has 1 fully saturated rings. The Kier molecular flexibility index (Phi) is 3.82. The van der Waals surface area contributed by atoms with Crippen molar-refractivity contribution in [2.45, 2.75) is 13.3 Å². The minimum atomic E-state index is 0.0465. The quantitative estimate of drug-likeness (QED) is 0.875. The molecule has 6 heteroatoms. The monoisotopic (exact) mass is 304 g/mol. The Morgan fingerprint density at radius 2 is 2.14 bits per heavy atom. The average molecular weight is 304 g/mol. The molecule has 1 aliphatic rings. The molecular formula is C15H20N4OS. The molecule has 2 aromatic heterocycles. The van der Waals surface area contributed by atoms with Crippen molar-refractivity contribution < 1.29 is 4.79 Å². The van der Waals surface area contributed by atoms with Crippen molar-refractivity contribution in [1.29, 1.82) is 0 Å². The number of carbonyl (C=O) groups excluding carboxylic acids is 1. The molecule has 3 heterocycles. The normalized spacial score (nSPS) is 17.1. The van der Waals surface area contributed by atoms with Gasteiger partial charge in [-0.1, -0.05) is 0 Å². The van der Waals surface area contributed by atoms with E-state index >= 15 is 0 Å². The van der Waals surface area contributed by atoms with Gasteiger partial charge in [0.2, 0.25) is 0 Å². The molecule has 2 aromatic rings. The fourth-order valence-corrected chi connectivity index (χ4v) is 3.86. The zero-order chi connectivity index (χ0) is 15.0. The maximum atomic E-state index is 12.8. The Labute approximate surface area is 128 Å². The Hall–Kier alpha value is -1.66. The van der Waals surface area contributed by atoms with Gasteiger partial charge in [-0.05, 0) is 38.6 Å². The second kappa shape index (κ2) is 5.61. The maximum absolute atomic E-state index is 12.8. The van der Waals surface area contributed by atoms with Crippen molar-refractivity contribution in [1.82, 2.24) is 14.8 Å². The summed E-state index contributed by atoms with van der Waals surface area (Å²) < 4.78 is 0. The molecule has 0 atom stereocenters. The number of nitrogen functional groups attached to an aromatic ring is 1. The summed E-state index contributed by atoms with van der Waals surface area (Å²) in [6.07, 6.45) is 2.77. The van der Waals surface area contributed by atoms with Gasteiger partial charge in [0.1, 0.15) is 9.71 Å². The van der Waals surface area contributed by atoms with Crippen LogP contribution in [0.4, 0.5) is 5.69 Å². The van der Waals surface area contributed by atoms with E-state index in [-0.39, 0.29) is 5.91 Å². The number of hydrogen-bond acceptors (Lipinski definition) is 5. The fraction of sp³-hybridized carbons (Fsp3) is 0.467. The highest BCUT2D eigenvalue weighted by Gasteiger charge is 2.24. The Morgan fingerprint density at radius 1 is 1.33 bits per heavy atom. The standard InChI is InChI=1S/C15H20N4OS/c1-10-4-5-17-14-11(10)12(16)13(21-14)15(20)19-7-3-6-18(2)8-9-19/h4-5H,3,6-9,16H2,1-2H3. The maximum Gasteiger partial charge on any atom is 0.266 e. The van der Waals surface area contributed by atoms with Crippen molar-refractivity contribution >= 4 is 33.1 Å². The molecule has 0 unspecified atom stereocenters. The third kappa shape index (κ3) is 2.61. The number of aryl methyl sites for hydroxylation is 1. The van der Waals surface area contributed by atoms with E-state index < -0.39 is 0 Å². The van der Waals surface area contributed by atoms with Crippen LogP contribution in [0, 0.1) is 6.92 Å². The van der Waals surface area contributed by atoms with E-state index in [9.17, 15) is 4.79 Å². The summed E-state index contributed by atoms with van der Waals surface area (Å²) in [5.41, 5.74) is 7.89. The van der Waals surface area contributed by atoms with Crippen molar-refractivity contribution in [3.63, 3.8) is 0 Å². The molecule has 1 aliphatic heterocycles. The highest BCUT2D eigenvalue weighted by atomic mass is 32.1. The zero-order valence-corrected chi connectivity index (χ0v) is 13.2. The van der Waals surface area contributed by atoms with Crippen molar-refractivity contribution in [3.8, 4) is 0 Å². The number of rotatable bonds is 1. The van der Waals surface area contributed by atoms with Crippen LogP contribution in [0.2, 0.25) is 0 Å². The summed E-state index contributed by atoms with van der Waals surface area (Å²) in [5, 5.41) is 0.929. The highest BCUT2D eigenvalue weighted by molar-refractivity contribution is 7.21. The molecule has 112 valence electrons. The number of anilines is 1. The third-order valence-corrected chi connectivity index (χ3v) is 5.14. The average Bonchev–Trinajstić information content (AvgIpc) is 2.65. The number of thiophene rings is 1. The van der Waals surface area contributed by atoms with E-state index in [1.165, 1.54) is 11.3 Å². The van der Waals surface area contributed by atoms with Gasteiger partial charge < -0.3 is 15.5 Å². The number of amides is 1. The predicted octanol–water partition coefficient (Wildman–Crippen LogP) is 1.96. The first-order valence-electron chi connectivity index (χ1n) is 7.19. The van der Waals surface area contributed by atoms with Crippen molar-refractivity contribution in [3.05, 3.63) is 22.7 Å². The summed E-state index contributed by atoms with van der Waals surface area (Å²) >= 11 is 1.41. The largest absolute Gasteiger partial charge is 0.397 e. The van der Waals surface area contributed by atoms with Gasteiger partial charge in [-0.15, -0.1) is 11.3 Å². The number of nitrogens with two attached hydrogens (primary N) is 1. The van der Waals surface area contributed by atoms with Gasteiger partial charge in [-0.3, -0.25) is 4.79 Å². The molecule has 1 saturated heterocycles. The van der Waals surface area contributed by atoms with Crippen LogP contribution in [-0.4, -0.2) is 53.9 Å². The van der Waals surface area contributed by atoms with E-state index in [2.05, 4.69) is 16.9 Å². The lowest BCUT2D eigenvalue weighted by atomic mass is 10.1. The summed E-state index contributed by atoms with van der Waals surface area (Å²) in [6.45, 7) is 5.50. The molecule has 21 heavy (non-hydrogen) atoms. The van der Waals surface area contributed by atoms with E-state index in [1.807, 2.05) is 17.9 Å². The molecule has 0 aromatic carbocycles. The second-order valence-corrected chi connectivity index (χ2v) is 6.60. The predicted molar refractivity (Wildman–Crippen MR) is 86.8 cm³/mol. The zero-order valence-electron chi connectivity index (χ0n) is 12.4. The van der Waals surface area contributed by atoms with E-state index in [0.29, 0.717) is 10.6 Å². The minimum Gasteiger partial charge on any atom is -0.397 e. The first-order valence-corrected chi connectivity index (χ1v) is 8.01. The third-order valence-electron chi connectivity index (χ3n) is 4.04. The lowest BCUT2D eigenvalue weighted by molar-refractivity contribution is 0.0768. The molecule has 5 nitrogen and oxygen atoms in total. The molecule has 0 saturated carbocycles. The molecule has 0 bridgehead atoms. The lowest BCUT2D eigenvalue weighted by Crippen LogP contribution is -2.34. The Bertz CT molecular complexity index is 682. The van der Waals surface area contributed by atoms with Crippen LogP contribution in [-0.2, 0) is 0 Å². The molecule has 0 aliphatic carbocycles. The molecule has 0 radical (unpaired) electrons. The SMILES string of the molecule is Cc1ccnc2sc(C(=O)N3CCCN(C)CC3)c(N)c12. The first kappa shape index (κ1) is 14.3. The van der Waals surface area contributed by atoms with Gasteiger partial charge in [-0.25, -0.2) is 4.98 Å². The minimum absolute atomic E-state index is 0.0465. The summed E-state index contributed by atoms with van der Waals surface area (Å²) in [7, 11) is 2.09. The highest BCUT2D eigenvalue weighted by Crippen LogP contribution is 2.35. The van der Waals surface area contributed by atoms with E-state index in [4.69, 9.17) is 5.73 Å². The first-order chi connectivity index (χ1) is 10.1. The Balaban J connectivity index is 1.94. The van der Waals surface area contributed by atoms with Crippen molar-refractivity contribution in [2.24, 2.45) is 0 Å². The van der Waals surface area contributed by atoms with Crippen molar-refractivity contribution in [2.75, 3.05) is 39.0 Å². The number of hydrogen-bond donors (Lipinski definition) is 1. The number of aromatic nitrogens is 1. The molecular weight excluding hydrogens is 284 g/mol. The number of carbonyl (C=O) groups is 1. The van der Waals surface area contributed by atoms with Crippen LogP contribution in [0.25, 0.3) is 10.2 Å². The molecule has 2 N–H and O–H groups in total. The van der Waals surface area contributed by atoms with Crippen LogP contribution in [0.1, 0.15) is 21.7 Å². The van der Waals surface area contributed by atoms with Gasteiger partial charge in [-0.2, -0.15) is 0 Å². The Morgan fingerprint density at radius 3 is 2.90 bits per heavy atom. The van der Waals surface area contributed by atoms with Gasteiger partial charge in [0.15, 0.2) is 0 Å². The van der Waals surface area contributed by atoms with Crippen LogP contribution in [0.3, 0.4) is 0 Å². The molecule has 1 amide bonds. The summed E-state index contributed by atoms with van der Waals surface area (Å²) in [5.74, 6) is 0.0465. The molecule has 0 spiro atoms. The van der Waals surface area contributed by atoms with Crippen LogP contribution < -0.4 is 5.73 Å². The lowest BCUT2D eigenvalue weighted by Gasteiger charge is -2.20. The van der Waals surface area contributed by atoms with E-state index in [0.717, 1.165) is 48.4 Å². The van der Waals surface area contributed by atoms with Gasteiger partial charge in [0.25, 0.3) is 5.91 Å². The van der Waals surface area contributed by atoms with Gasteiger partial charge in [0, 0.05) is 31.2 Å². The van der Waals surface area contributed by atoms with Gasteiger partial charge in [0.05, 0.1) is 5.69 Å². The number of likely N-dealkylation sites (N-methyl/N-ethyl adjacent to an activating group) is 1. The summed E-state index contributed by atoms with van der Waals surface area (Å²) in [6, 6.07) is 1.93. The number of fused-ring (bicyclic) bond motifs is 1. The topological polar surface area (TPSA) is 62.5 Å². The smallest absolute Gasteiger partial charge is 0.266 e. The number of nitrogens with zero attached hydrogens (tertiary/aromatic N) is 3. The summed E-state index contributed by atoms with van der Waals surface area (Å²) in [4.78, 5) is 22.8. The van der Waals surface area contributed by atoms with Crippen LogP contribution in [0.15, 0.2) is 12.3 Å². The van der Waals surface area contributed by atoms with Crippen LogP contribution in [0.5, 0.6) is 0 Å². The molecule has 3 rings (SSSR count). The van der Waals surface area contributed by atoms with Gasteiger partial charge >= 0.3 is 0 Å². The van der Waals surface area contributed by atoms with E-state index in [1.54, 1.807) is 6.20 Å². The fourth-order valence-electron chi connectivity index (χ4n) is 2.76.